The van der Waals surface area contributed by atoms with Crippen LogP contribution in [0.2, 0.25) is 0 Å². The molecular weight excluding hydrogens is 274 g/mol. The first-order chi connectivity index (χ1) is 10.4. The molecule has 2 aromatic carbocycles. The molecule has 0 spiro atoms. The van der Waals surface area contributed by atoms with Crippen LogP contribution in [0.1, 0.15) is 39.2 Å². The Kier molecular flexibility index (Phi) is 2.40. The average molecular weight is 289 g/mol. The van der Waals surface area contributed by atoms with Gasteiger partial charge in [-0.25, -0.2) is 0 Å². The van der Waals surface area contributed by atoms with Gasteiger partial charge in [-0.2, -0.15) is 0 Å². The minimum atomic E-state index is 0.452. The summed E-state index contributed by atoms with van der Waals surface area (Å²) in [6.07, 6.45) is 0. The van der Waals surface area contributed by atoms with E-state index < -0.39 is 0 Å². The third kappa shape index (κ3) is 1.55. The number of rotatable bonds is 2. The van der Waals surface area contributed by atoms with Crippen molar-refractivity contribution in [3.05, 3.63) is 93.2 Å². The molecule has 5 rings (SSSR count). The summed E-state index contributed by atoms with van der Waals surface area (Å²) in [7, 11) is 0. The standard InChI is InChI=1S/C19H15NS/c1-2-6-13(7-3-1)12-20-17-14-8-4-5-9-15(14)18(20)19-16(17)10-11-21-19/h1-11,17-18H,12H2. The van der Waals surface area contributed by atoms with Gasteiger partial charge in [0, 0.05) is 11.4 Å². The molecule has 0 N–H and O–H groups in total. The molecule has 0 amide bonds. The highest BCUT2D eigenvalue weighted by molar-refractivity contribution is 7.10. The fourth-order valence-electron chi connectivity index (χ4n) is 3.91. The van der Waals surface area contributed by atoms with Crippen LogP contribution in [0.3, 0.4) is 0 Å². The van der Waals surface area contributed by atoms with Gasteiger partial charge < -0.3 is 0 Å². The largest absolute Gasteiger partial charge is 0.276 e. The molecule has 1 nitrogen and oxygen atoms in total. The molecule has 2 atom stereocenters. The number of benzene rings is 2. The third-order valence-corrected chi connectivity index (χ3v) is 5.71. The van der Waals surface area contributed by atoms with Crippen molar-refractivity contribution >= 4 is 11.3 Å². The van der Waals surface area contributed by atoms with Crippen molar-refractivity contribution in [2.75, 3.05) is 0 Å². The van der Waals surface area contributed by atoms with E-state index >= 15 is 0 Å². The second kappa shape index (κ2) is 4.30. The number of fused-ring (bicyclic) bond motifs is 8. The van der Waals surface area contributed by atoms with Crippen molar-refractivity contribution in [2.24, 2.45) is 0 Å². The monoisotopic (exact) mass is 289 g/mol. The van der Waals surface area contributed by atoms with Crippen LogP contribution in [-0.4, -0.2) is 4.90 Å². The van der Waals surface area contributed by atoms with E-state index in [0.29, 0.717) is 12.1 Å². The molecule has 0 saturated heterocycles. The lowest BCUT2D eigenvalue weighted by molar-refractivity contribution is 0.229. The van der Waals surface area contributed by atoms with Crippen LogP contribution in [0.4, 0.5) is 0 Å². The Morgan fingerprint density at radius 3 is 2.29 bits per heavy atom. The smallest absolute Gasteiger partial charge is 0.0713 e. The quantitative estimate of drug-likeness (QED) is 0.657. The predicted molar refractivity (Wildman–Crippen MR) is 86.4 cm³/mol. The van der Waals surface area contributed by atoms with E-state index in [-0.39, 0.29) is 0 Å². The van der Waals surface area contributed by atoms with Gasteiger partial charge in [0.2, 0.25) is 0 Å². The number of hydrogen-bond donors (Lipinski definition) is 0. The van der Waals surface area contributed by atoms with Crippen molar-refractivity contribution < 1.29 is 0 Å². The molecule has 2 aliphatic heterocycles. The van der Waals surface area contributed by atoms with Crippen LogP contribution in [0.5, 0.6) is 0 Å². The van der Waals surface area contributed by atoms with E-state index in [2.05, 4.69) is 70.9 Å². The lowest BCUT2D eigenvalue weighted by Gasteiger charge is -2.22. The summed E-state index contributed by atoms with van der Waals surface area (Å²) in [6, 6.07) is 23.0. The van der Waals surface area contributed by atoms with Crippen molar-refractivity contribution in [3.63, 3.8) is 0 Å². The summed E-state index contributed by atoms with van der Waals surface area (Å²) in [4.78, 5) is 4.20. The van der Waals surface area contributed by atoms with E-state index in [4.69, 9.17) is 0 Å². The molecule has 102 valence electrons. The van der Waals surface area contributed by atoms with Gasteiger partial charge >= 0.3 is 0 Å². The zero-order chi connectivity index (χ0) is 13.8. The topological polar surface area (TPSA) is 3.24 Å². The fraction of sp³-hybridized carbons (Fsp3) is 0.158. The number of hydrogen-bond acceptors (Lipinski definition) is 2. The van der Waals surface area contributed by atoms with Crippen LogP contribution in [-0.2, 0) is 6.54 Å². The highest BCUT2D eigenvalue weighted by atomic mass is 32.1. The fourth-order valence-corrected chi connectivity index (χ4v) is 4.98. The maximum atomic E-state index is 2.65. The Balaban J connectivity index is 1.62. The van der Waals surface area contributed by atoms with Crippen LogP contribution >= 0.6 is 11.3 Å². The van der Waals surface area contributed by atoms with E-state index in [0.717, 1.165) is 6.54 Å². The molecule has 3 heterocycles. The summed E-state index contributed by atoms with van der Waals surface area (Å²) in [6.45, 7) is 1.02. The molecule has 2 unspecified atom stereocenters. The highest BCUT2D eigenvalue weighted by Crippen LogP contribution is 2.58. The molecule has 0 aliphatic carbocycles. The predicted octanol–water partition coefficient (Wildman–Crippen LogP) is 4.76. The second-order valence-corrected chi connectivity index (χ2v) is 6.78. The Morgan fingerprint density at radius 2 is 1.48 bits per heavy atom. The van der Waals surface area contributed by atoms with Gasteiger partial charge in [-0.1, -0.05) is 54.6 Å². The van der Waals surface area contributed by atoms with Gasteiger partial charge in [0.1, 0.15) is 0 Å². The van der Waals surface area contributed by atoms with E-state index in [1.54, 1.807) is 4.88 Å². The molecule has 3 aromatic rings. The van der Waals surface area contributed by atoms with Crippen molar-refractivity contribution in [2.45, 2.75) is 18.6 Å². The molecule has 2 aliphatic rings. The number of nitrogens with zero attached hydrogens (tertiary/aromatic N) is 1. The van der Waals surface area contributed by atoms with E-state index in [1.165, 1.54) is 22.3 Å². The minimum absolute atomic E-state index is 0.452. The molecule has 0 fully saturated rings. The van der Waals surface area contributed by atoms with Crippen LogP contribution in [0.15, 0.2) is 66.0 Å². The molecule has 0 radical (unpaired) electrons. The van der Waals surface area contributed by atoms with E-state index in [9.17, 15) is 0 Å². The molecular formula is C19H15NS. The zero-order valence-electron chi connectivity index (χ0n) is 11.6. The third-order valence-electron chi connectivity index (χ3n) is 4.73. The normalized spacial score (nSPS) is 22.3. The zero-order valence-corrected chi connectivity index (χ0v) is 12.4. The summed E-state index contributed by atoms with van der Waals surface area (Å²) < 4.78 is 0. The lowest BCUT2D eigenvalue weighted by atomic mass is 9.91. The SMILES string of the molecule is c1ccc(CN2C3c4ccccc4C2c2sccc23)cc1. The van der Waals surface area contributed by atoms with Crippen molar-refractivity contribution in [3.8, 4) is 0 Å². The Labute approximate surface area is 128 Å². The van der Waals surface area contributed by atoms with Crippen molar-refractivity contribution in [1.82, 2.24) is 4.90 Å². The summed E-state index contributed by atoms with van der Waals surface area (Å²) in [5.41, 5.74) is 5.94. The summed E-state index contributed by atoms with van der Waals surface area (Å²) in [5, 5.41) is 2.25. The minimum Gasteiger partial charge on any atom is -0.276 e. The van der Waals surface area contributed by atoms with Gasteiger partial charge in [-0.15, -0.1) is 11.3 Å². The van der Waals surface area contributed by atoms with Crippen LogP contribution < -0.4 is 0 Å². The molecule has 2 heteroatoms. The average Bonchev–Trinajstić information content (AvgIpc) is 3.17. The van der Waals surface area contributed by atoms with Gasteiger partial charge in [-0.3, -0.25) is 4.90 Å². The van der Waals surface area contributed by atoms with E-state index in [1.807, 2.05) is 11.3 Å². The van der Waals surface area contributed by atoms with Gasteiger partial charge in [0.25, 0.3) is 0 Å². The lowest BCUT2D eigenvalue weighted by Crippen LogP contribution is -2.20. The van der Waals surface area contributed by atoms with Crippen LogP contribution in [0, 0.1) is 0 Å². The van der Waals surface area contributed by atoms with Crippen LogP contribution in [0.25, 0.3) is 0 Å². The molecule has 2 bridgehead atoms. The molecule has 0 saturated carbocycles. The summed E-state index contributed by atoms with van der Waals surface area (Å²) >= 11 is 1.91. The second-order valence-electron chi connectivity index (χ2n) is 5.83. The molecule has 1 aromatic heterocycles. The van der Waals surface area contributed by atoms with Crippen molar-refractivity contribution in [1.29, 1.82) is 0 Å². The highest BCUT2D eigenvalue weighted by Gasteiger charge is 2.48. The summed E-state index contributed by atoms with van der Waals surface area (Å²) in [5.74, 6) is 0. The Hall–Kier alpha value is -1.90. The maximum absolute atomic E-state index is 2.65. The number of thiophene rings is 1. The first-order valence-corrected chi connectivity index (χ1v) is 8.27. The van der Waals surface area contributed by atoms with Gasteiger partial charge in [-0.05, 0) is 33.7 Å². The Morgan fingerprint density at radius 1 is 0.762 bits per heavy atom. The maximum Gasteiger partial charge on any atom is 0.0713 e. The Bertz CT molecular complexity index is 760. The molecule has 21 heavy (non-hydrogen) atoms. The first kappa shape index (κ1) is 11.7. The van der Waals surface area contributed by atoms with Gasteiger partial charge in [0.05, 0.1) is 12.1 Å². The first-order valence-electron chi connectivity index (χ1n) is 7.39. The van der Waals surface area contributed by atoms with Gasteiger partial charge in [0.15, 0.2) is 0 Å².